The summed E-state index contributed by atoms with van der Waals surface area (Å²) in [6.07, 6.45) is 4.35. The van der Waals surface area contributed by atoms with Crippen LogP contribution in [-0.2, 0) is 4.79 Å². The second-order valence-electron chi connectivity index (χ2n) is 10.9. The van der Waals surface area contributed by atoms with Gasteiger partial charge in [-0.3, -0.25) is 9.78 Å². The summed E-state index contributed by atoms with van der Waals surface area (Å²) >= 11 is 12.9. The average molecular weight is 560 g/mol. The lowest BCUT2D eigenvalue weighted by Gasteiger charge is -2.41. The van der Waals surface area contributed by atoms with Crippen molar-refractivity contribution in [2.75, 3.05) is 23.8 Å². The standard InChI is InChI=1S/C31H34ClN5OS/c1-19-9-11-21(12-10-19)34-27(38)13-15-37-29(28(35-30(37)39)25-8-6-7-14-33-25)23-16-22-20(2)18-31(3,4)36(5)26(22)17-24(23)32/h6-12,14,16-18,28-29H,13,15H2,1-5H3,(H,34,38)(H,35,39)/t28-,29+/m1/s1. The first kappa shape index (κ1) is 27.2. The highest BCUT2D eigenvalue weighted by molar-refractivity contribution is 7.80. The Morgan fingerprint density at radius 2 is 1.90 bits per heavy atom. The van der Waals surface area contributed by atoms with Crippen molar-refractivity contribution < 1.29 is 4.79 Å². The highest BCUT2D eigenvalue weighted by Crippen LogP contribution is 2.46. The number of carbonyl (C=O) groups excluding carboxylic acids is 1. The molecular formula is C31H34ClN5OS. The van der Waals surface area contributed by atoms with Crippen molar-refractivity contribution in [1.82, 2.24) is 15.2 Å². The molecule has 0 saturated carbocycles. The van der Waals surface area contributed by atoms with E-state index >= 15 is 0 Å². The highest BCUT2D eigenvalue weighted by atomic mass is 35.5. The van der Waals surface area contributed by atoms with Crippen LogP contribution in [-0.4, -0.2) is 40.0 Å². The Labute approximate surface area is 241 Å². The van der Waals surface area contributed by atoms with E-state index in [0.717, 1.165) is 33.8 Å². The van der Waals surface area contributed by atoms with Gasteiger partial charge in [-0.25, -0.2) is 0 Å². The molecule has 2 aliphatic heterocycles. The number of anilines is 2. The fraction of sp³-hybridized carbons (Fsp3) is 0.323. The average Bonchev–Trinajstić information content (AvgIpc) is 3.23. The van der Waals surface area contributed by atoms with E-state index in [1.165, 1.54) is 5.57 Å². The number of aromatic nitrogens is 1. The predicted molar refractivity (Wildman–Crippen MR) is 164 cm³/mol. The van der Waals surface area contributed by atoms with Crippen molar-refractivity contribution in [3.8, 4) is 0 Å². The molecule has 2 aromatic carbocycles. The van der Waals surface area contributed by atoms with Gasteiger partial charge in [0.15, 0.2) is 5.11 Å². The molecule has 3 aromatic rings. The van der Waals surface area contributed by atoms with E-state index in [4.69, 9.17) is 23.8 Å². The number of likely N-dealkylation sites (N-methyl/N-ethyl adjacent to an activating group) is 1. The number of halogens is 1. The molecule has 5 rings (SSSR count). The Morgan fingerprint density at radius 1 is 1.15 bits per heavy atom. The van der Waals surface area contributed by atoms with E-state index in [1.54, 1.807) is 6.20 Å². The fourth-order valence-electron chi connectivity index (χ4n) is 5.48. The normalized spacial score (nSPS) is 19.8. The van der Waals surface area contributed by atoms with Gasteiger partial charge in [0.2, 0.25) is 5.91 Å². The molecule has 6 nitrogen and oxygen atoms in total. The molecule has 1 saturated heterocycles. The van der Waals surface area contributed by atoms with Crippen LogP contribution in [0.2, 0.25) is 5.02 Å². The molecule has 3 heterocycles. The molecule has 8 heteroatoms. The Balaban J connectivity index is 1.48. The third-order valence-electron chi connectivity index (χ3n) is 7.77. The van der Waals surface area contributed by atoms with Gasteiger partial charge in [-0.05, 0) is 87.4 Å². The predicted octanol–water partition coefficient (Wildman–Crippen LogP) is 6.68. The van der Waals surface area contributed by atoms with Crippen LogP contribution in [0.1, 0.15) is 61.7 Å². The third kappa shape index (κ3) is 5.38. The summed E-state index contributed by atoms with van der Waals surface area (Å²) in [5.74, 6) is -0.0686. The fourth-order valence-corrected chi connectivity index (χ4v) is 6.08. The van der Waals surface area contributed by atoms with Crippen LogP contribution in [0.3, 0.4) is 0 Å². The number of pyridine rings is 1. The maximum atomic E-state index is 12.9. The molecule has 0 aliphatic carbocycles. The molecule has 1 amide bonds. The summed E-state index contributed by atoms with van der Waals surface area (Å²) in [6.45, 7) is 8.99. The highest BCUT2D eigenvalue weighted by Gasteiger charge is 2.41. The first-order valence-corrected chi connectivity index (χ1v) is 14.0. The van der Waals surface area contributed by atoms with Crippen molar-refractivity contribution >= 4 is 51.8 Å². The Bertz CT molecular complexity index is 1440. The van der Waals surface area contributed by atoms with Crippen LogP contribution in [0.15, 0.2) is 66.9 Å². The van der Waals surface area contributed by atoms with Crippen molar-refractivity contribution in [3.05, 3.63) is 94.3 Å². The van der Waals surface area contributed by atoms with Crippen LogP contribution in [0.25, 0.3) is 5.57 Å². The van der Waals surface area contributed by atoms with E-state index < -0.39 is 0 Å². The van der Waals surface area contributed by atoms with Crippen molar-refractivity contribution in [2.24, 2.45) is 0 Å². The number of amides is 1. The maximum Gasteiger partial charge on any atom is 0.226 e. The number of carbonyl (C=O) groups is 1. The van der Waals surface area contributed by atoms with Gasteiger partial charge in [0.05, 0.1) is 23.3 Å². The summed E-state index contributed by atoms with van der Waals surface area (Å²) in [6, 6.07) is 17.5. The lowest BCUT2D eigenvalue weighted by molar-refractivity contribution is -0.116. The molecule has 2 N–H and O–H groups in total. The lowest BCUT2D eigenvalue weighted by Crippen LogP contribution is -2.42. The zero-order valence-corrected chi connectivity index (χ0v) is 24.5. The molecule has 2 aliphatic rings. The number of allylic oxidation sites excluding steroid dienone is 1. The Hall–Kier alpha value is -3.42. The molecule has 0 radical (unpaired) electrons. The van der Waals surface area contributed by atoms with E-state index in [2.05, 4.69) is 71.4 Å². The SMILES string of the molecule is CC1=CC(C)(C)N(C)c2cc(Cl)c([C@H]3[C@@H](c4ccccn4)NC(=S)N3CCC(=O)Nc3ccc(C)cc3)cc21. The first-order valence-electron chi connectivity index (χ1n) is 13.2. The quantitative estimate of drug-likeness (QED) is 0.329. The maximum absolute atomic E-state index is 12.9. The van der Waals surface area contributed by atoms with Gasteiger partial charge >= 0.3 is 0 Å². The number of fused-ring (bicyclic) bond motifs is 1. The molecular weight excluding hydrogens is 526 g/mol. The number of aryl methyl sites for hydroxylation is 1. The van der Waals surface area contributed by atoms with Crippen LogP contribution < -0.4 is 15.5 Å². The Kier molecular flexibility index (Phi) is 7.40. The second-order valence-corrected chi connectivity index (χ2v) is 11.7. The van der Waals surface area contributed by atoms with Gasteiger partial charge < -0.3 is 20.4 Å². The van der Waals surface area contributed by atoms with Crippen LogP contribution >= 0.6 is 23.8 Å². The van der Waals surface area contributed by atoms with Gasteiger partial charge in [-0.15, -0.1) is 0 Å². The summed E-state index contributed by atoms with van der Waals surface area (Å²) in [5, 5.41) is 7.71. The lowest BCUT2D eigenvalue weighted by atomic mass is 9.86. The number of rotatable bonds is 6. The van der Waals surface area contributed by atoms with Crippen molar-refractivity contribution in [3.63, 3.8) is 0 Å². The van der Waals surface area contributed by atoms with Crippen LogP contribution in [0.5, 0.6) is 0 Å². The number of nitrogens with one attached hydrogen (secondary N) is 2. The summed E-state index contributed by atoms with van der Waals surface area (Å²) < 4.78 is 0. The minimum Gasteiger partial charge on any atom is -0.365 e. The largest absolute Gasteiger partial charge is 0.365 e. The molecule has 2 atom stereocenters. The molecule has 1 fully saturated rings. The number of nitrogens with zero attached hydrogens (tertiary/aromatic N) is 3. The summed E-state index contributed by atoms with van der Waals surface area (Å²) in [7, 11) is 2.10. The van der Waals surface area contributed by atoms with E-state index in [-0.39, 0.29) is 30.0 Å². The number of thiocarbonyl (C=S) groups is 1. The molecule has 0 bridgehead atoms. The van der Waals surface area contributed by atoms with Gasteiger partial charge in [-0.1, -0.05) is 41.4 Å². The van der Waals surface area contributed by atoms with E-state index in [1.807, 2.05) is 49.4 Å². The smallest absolute Gasteiger partial charge is 0.226 e. The van der Waals surface area contributed by atoms with Crippen LogP contribution in [0.4, 0.5) is 11.4 Å². The summed E-state index contributed by atoms with van der Waals surface area (Å²) in [4.78, 5) is 21.9. The minimum atomic E-state index is -0.231. The summed E-state index contributed by atoms with van der Waals surface area (Å²) in [5.41, 5.74) is 7.08. The van der Waals surface area contributed by atoms with Gasteiger partial charge in [-0.2, -0.15) is 0 Å². The monoisotopic (exact) mass is 559 g/mol. The number of hydrogen-bond acceptors (Lipinski definition) is 4. The molecule has 202 valence electrons. The number of hydrogen-bond donors (Lipinski definition) is 2. The van der Waals surface area contributed by atoms with Gasteiger partial charge in [0.1, 0.15) is 0 Å². The van der Waals surface area contributed by atoms with Crippen molar-refractivity contribution in [2.45, 2.75) is 51.7 Å². The second kappa shape index (κ2) is 10.6. The van der Waals surface area contributed by atoms with E-state index in [9.17, 15) is 4.79 Å². The first-order chi connectivity index (χ1) is 18.5. The molecule has 0 spiro atoms. The zero-order chi connectivity index (χ0) is 27.9. The minimum absolute atomic E-state index is 0.0686. The van der Waals surface area contributed by atoms with Crippen LogP contribution in [0, 0.1) is 6.92 Å². The van der Waals surface area contributed by atoms with Gasteiger partial charge in [0.25, 0.3) is 0 Å². The van der Waals surface area contributed by atoms with E-state index in [0.29, 0.717) is 16.7 Å². The topological polar surface area (TPSA) is 60.5 Å². The Morgan fingerprint density at radius 3 is 2.59 bits per heavy atom. The number of benzene rings is 2. The molecule has 0 unspecified atom stereocenters. The third-order valence-corrected chi connectivity index (χ3v) is 8.45. The molecule has 1 aromatic heterocycles. The zero-order valence-electron chi connectivity index (χ0n) is 23.0. The van der Waals surface area contributed by atoms with Gasteiger partial charge in [0, 0.05) is 48.2 Å². The van der Waals surface area contributed by atoms with Crippen molar-refractivity contribution in [1.29, 1.82) is 0 Å². The molecule has 39 heavy (non-hydrogen) atoms.